The third kappa shape index (κ3) is 1.45. The van der Waals surface area contributed by atoms with E-state index in [1.807, 2.05) is 0 Å². The van der Waals surface area contributed by atoms with Gasteiger partial charge in [0.25, 0.3) is 0 Å². The molecule has 1 heterocycles. The van der Waals surface area contributed by atoms with Crippen LogP contribution >= 0.6 is 44.0 Å². The fraction of sp³-hybridized carbons (Fsp3) is 0.333. The van der Waals surface area contributed by atoms with E-state index in [9.17, 15) is 0 Å². The zero-order valence-corrected chi connectivity index (χ0v) is 9.46. The summed E-state index contributed by atoms with van der Waals surface area (Å²) in [4.78, 5) is 0. The molecule has 2 N–H and O–H groups in total. The minimum absolute atomic E-state index is 0.374. The number of halogens is 2. The van der Waals surface area contributed by atoms with Crippen LogP contribution in [0.25, 0.3) is 0 Å². The fourth-order valence-electron chi connectivity index (χ4n) is 1.09. The fourth-order valence-corrected chi connectivity index (χ4v) is 3.27. The largest absolute Gasteiger partial charge is 0.241 e. The lowest BCUT2D eigenvalue weighted by Crippen LogP contribution is -2.35. The summed E-state index contributed by atoms with van der Waals surface area (Å²) < 4.78 is 8.91. The van der Waals surface area contributed by atoms with Crippen molar-refractivity contribution in [1.29, 1.82) is 0 Å². The molecule has 0 aromatic carbocycles. The molecule has 2 atom stereocenters. The first kappa shape index (κ1) is 8.31. The highest BCUT2D eigenvalue weighted by atomic mass is 79.9. The Morgan fingerprint density at radius 3 is 2.00 bits per heavy atom. The summed E-state index contributed by atoms with van der Waals surface area (Å²) in [5.74, 6) is 0. The van der Waals surface area contributed by atoms with E-state index >= 15 is 0 Å². The van der Waals surface area contributed by atoms with Gasteiger partial charge in [-0.2, -0.15) is 0 Å². The van der Waals surface area contributed by atoms with Gasteiger partial charge in [-0.3, -0.25) is 0 Å². The maximum Gasteiger partial charge on any atom is 0.0707 e. The van der Waals surface area contributed by atoms with Gasteiger partial charge in [0.05, 0.1) is 12.1 Å². The monoisotopic (exact) mass is 296 g/mol. The van der Waals surface area contributed by atoms with Crippen molar-refractivity contribution in [2.75, 3.05) is 0 Å². The molecule has 0 aromatic rings. The zero-order valence-electron chi connectivity index (χ0n) is 5.47. The molecule has 1 aliphatic heterocycles. The van der Waals surface area contributed by atoms with Crippen molar-refractivity contribution in [3.05, 3.63) is 21.1 Å². The van der Waals surface area contributed by atoms with E-state index in [1.54, 1.807) is 12.1 Å². The molecule has 60 valence electrons. The van der Waals surface area contributed by atoms with Crippen LogP contribution in [0.2, 0.25) is 0 Å². The van der Waals surface area contributed by atoms with Gasteiger partial charge in [0.15, 0.2) is 0 Å². The first-order valence-electron chi connectivity index (χ1n) is 3.18. The van der Waals surface area contributed by atoms with Crippen molar-refractivity contribution in [1.82, 2.24) is 9.44 Å². The van der Waals surface area contributed by atoms with E-state index in [-0.39, 0.29) is 0 Å². The third-order valence-corrected chi connectivity index (χ3v) is 3.96. The molecule has 5 heteroatoms. The van der Waals surface area contributed by atoms with Gasteiger partial charge in [-0.25, -0.2) is 9.44 Å². The van der Waals surface area contributed by atoms with Gasteiger partial charge in [0.2, 0.25) is 0 Å². The maximum absolute atomic E-state index is 3.50. The van der Waals surface area contributed by atoms with Crippen molar-refractivity contribution < 1.29 is 0 Å². The molecule has 1 saturated heterocycles. The number of fused-ring (bicyclic) bond motifs is 1. The summed E-state index contributed by atoms with van der Waals surface area (Å²) in [6.45, 7) is 0. The number of hydrogen-bond acceptors (Lipinski definition) is 3. The highest BCUT2D eigenvalue weighted by molar-refractivity contribution is 9.12. The van der Waals surface area contributed by atoms with Crippen LogP contribution in [0.3, 0.4) is 0 Å². The van der Waals surface area contributed by atoms with Crippen molar-refractivity contribution in [2.45, 2.75) is 12.1 Å². The number of allylic oxidation sites excluding steroid dienone is 2. The number of rotatable bonds is 0. The normalized spacial score (nSPS) is 36.2. The molecule has 2 unspecified atom stereocenters. The molecule has 1 aliphatic carbocycles. The summed E-state index contributed by atoms with van der Waals surface area (Å²) >= 11 is 8.55. The Bertz CT molecular complexity index is 215. The summed E-state index contributed by atoms with van der Waals surface area (Å²) in [5.41, 5.74) is 0. The first-order chi connectivity index (χ1) is 5.29. The second-order valence-corrected chi connectivity index (χ2v) is 4.90. The van der Waals surface area contributed by atoms with E-state index in [4.69, 9.17) is 0 Å². The summed E-state index contributed by atoms with van der Waals surface area (Å²) in [5, 5.41) is 0. The van der Waals surface area contributed by atoms with Gasteiger partial charge in [-0.15, -0.1) is 0 Å². The maximum atomic E-state index is 3.50. The smallest absolute Gasteiger partial charge is 0.0707 e. The molecule has 11 heavy (non-hydrogen) atoms. The van der Waals surface area contributed by atoms with Crippen LogP contribution in [0.15, 0.2) is 21.1 Å². The second-order valence-electron chi connectivity index (χ2n) is 2.40. The molecule has 0 saturated carbocycles. The number of nitrogens with one attached hydrogen (secondary N) is 2. The minimum atomic E-state index is 0.374. The van der Waals surface area contributed by atoms with Crippen LogP contribution in [0.1, 0.15) is 0 Å². The quantitative estimate of drug-likeness (QED) is 0.669. The Balaban J connectivity index is 2.30. The Kier molecular flexibility index (Phi) is 2.43. The van der Waals surface area contributed by atoms with Crippen LogP contribution in [-0.4, -0.2) is 12.1 Å². The summed E-state index contributed by atoms with van der Waals surface area (Å²) in [7, 11) is 0. The van der Waals surface area contributed by atoms with Gasteiger partial charge in [0, 0.05) is 21.1 Å². The van der Waals surface area contributed by atoms with Gasteiger partial charge in [-0.05, 0) is 12.2 Å². The summed E-state index contributed by atoms with van der Waals surface area (Å²) in [6.07, 6.45) is 4.12. The van der Waals surface area contributed by atoms with Gasteiger partial charge < -0.3 is 0 Å². The van der Waals surface area contributed by atoms with Gasteiger partial charge in [0.1, 0.15) is 0 Å². The van der Waals surface area contributed by atoms with E-state index < -0.39 is 0 Å². The van der Waals surface area contributed by atoms with Gasteiger partial charge in [-0.1, -0.05) is 31.9 Å². The van der Waals surface area contributed by atoms with Crippen LogP contribution < -0.4 is 9.44 Å². The average Bonchev–Trinajstić information content (AvgIpc) is 2.45. The first-order valence-corrected chi connectivity index (χ1v) is 5.59. The molecular formula is C6H6Br2N2S. The molecule has 0 bridgehead atoms. The molecule has 1 fully saturated rings. The predicted octanol–water partition coefficient (Wildman–Crippen LogP) is 2.05. The Hall–Kier alpha value is 0.710. The molecule has 0 amide bonds. The highest BCUT2D eigenvalue weighted by Gasteiger charge is 2.33. The van der Waals surface area contributed by atoms with Crippen LogP contribution in [-0.2, 0) is 0 Å². The molecule has 0 radical (unpaired) electrons. The predicted molar refractivity (Wildman–Crippen MR) is 55.5 cm³/mol. The molecule has 0 aromatic heterocycles. The van der Waals surface area contributed by atoms with Gasteiger partial charge >= 0.3 is 0 Å². The molecule has 2 rings (SSSR count). The summed E-state index contributed by atoms with van der Waals surface area (Å²) in [6, 6.07) is 0.749. The van der Waals surface area contributed by atoms with Crippen LogP contribution in [0.5, 0.6) is 0 Å². The topological polar surface area (TPSA) is 24.1 Å². The van der Waals surface area contributed by atoms with Crippen molar-refractivity contribution in [2.24, 2.45) is 0 Å². The second kappa shape index (κ2) is 3.22. The van der Waals surface area contributed by atoms with Crippen molar-refractivity contribution >= 4 is 44.0 Å². The SMILES string of the molecule is BrC1=CC=C(Br)C2NSNC12. The minimum Gasteiger partial charge on any atom is -0.241 e. The zero-order chi connectivity index (χ0) is 7.84. The Morgan fingerprint density at radius 1 is 1.09 bits per heavy atom. The molecule has 2 nitrogen and oxygen atoms in total. The van der Waals surface area contributed by atoms with Crippen LogP contribution in [0.4, 0.5) is 0 Å². The molecule has 2 aliphatic rings. The lowest BCUT2D eigenvalue weighted by molar-refractivity contribution is 0.663. The highest BCUT2D eigenvalue weighted by Crippen LogP contribution is 2.32. The molecular weight excluding hydrogens is 292 g/mol. The third-order valence-electron chi connectivity index (χ3n) is 1.70. The number of hydrogen-bond donors (Lipinski definition) is 2. The average molecular weight is 298 g/mol. The lowest BCUT2D eigenvalue weighted by atomic mass is 10.1. The lowest BCUT2D eigenvalue weighted by Gasteiger charge is -2.20. The Labute approximate surface area is 86.4 Å². The van der Waals surface area contributed by atoms with E-state index in [0.717, 1.165) is 0 Å². The van der Waals surface area contributed by atoms with Crippen molar-refractivity contribution in [3.63, 3.8) is 0 Å². The van der Waals surface area contributed by atoms with Crippen LogP contribution in [0, 0.1) is 0 Å². The van der Waals surface area contributed by atoms with Crippen molar-refractivity contribution in [3.8, 4) is 0 Å². The standard InChI is InChI=1S/C6H6Br2N2S/c7-3-1-2-4(8)6-5(3)9-11-10-6/h1-2,5-6,9-10H. The van der Waals surface area contributed by atoms with E-state index in [1.165, 1.54) is 8.96 Å². The van der Waals surface area contributed by atoms with E-state index in [0.29, 0.717) is 12.1 Å². The van der Waals surface area contributed by atoms with E-state index in [2.05, 4.69) is 53.5 Å². The Morgan fingerprint density at radius 2 is 1.55 bits per heavy atom. The molecule has 0 spiro atoms.